The molecule has 1 amide bonds. The molecule has 2 aliphatic rings. The minimum atomic E-state index is 0.394. The molecule has 0 saturated carbocycles. The Morgan fingerprint density at radius 3 is 3.00 bits per heavy atom. The molecule has 2 unspecified atom stereocenters. The number of amides is 1. The van der Waals surface area contributed by atoms with Crippen molar-refractivity contribution in [1.82, 2.24) is 4.90 Å². The van der Waals surface area contributed by atoms with Crippen LogP contribution in [0.2, 0.25) is 0 Å². The van der Waals surface area contributed by atoms with Crippen molar-refractivity contribution >= 4 is 5.91 Å². The fourth-order valence-electron chi connectivity index (χ4n) is 2.36. The Balaban J connectivity index is 2.13. The lowest BCUT2D eigenvalue weighted by atomic mass is 9.95. The molecular formula is C9H15NO. The molecule has 0 N–H and O–H groups in total. The summed E-state index contributed by atoms with van der Waals surface area (Å²) in [5.41, 5.74) is 0. The second-order valence-corrected chi connectivity index (χ2v) is 3.81. The van der Waals surface area contributed by atoms with Crippen molar-refractivity contribution in [2.45, 2.75) is 38.6 Å². The Morgan fingerprint density at radius 1 is 1.45 bits per heavy atom. The number of fused-ring (bicyclic) bond motifs is 1. The second kappa shape index (κ2) is 2.50. The fourth-order valence-corrected chi connectivity index (χ4v) is 2.36. The zero-order valence-corrected chi connectivity index (χ0v) is 7.05. The van der Waals surface area contributed by atoms with Crippen molar-refractivity contribution < 1.29 is 4.79 Å². The minimum Gasteiger partial charge on any atom is -0.339 e. The van der Waals surface area contributed by atoms with E-state index in [1.54, 1.807) is 0 Å². The maximum absolute atomic E-state index is 11.3. The maximum Gasteiger partial charge on any atom is 0.222 e. The molecule has 11 heavy (non-hydrogen) atoms. The van der Waals surface area contributed by atoms with E-state index in [0.717, 1.165) is 25.3 Å². The molecule has 0 aliphatic carbocycles. The van der Waals surface area contributed by atoms with Crippen LogP contribution >= 0.6 is 0 Å². The van der Waals surface area contributed by atoms with Gasteiger partial charge in [-0.2, -0.15) is 0 Å². The highest BCUT2D eigenvalue weighted by atomic mass is 16.2. The predicted octanol–water partition coefficient (Wildman–Crippen LogP) is 1.41. The van der Waals surface area contributed by atoms with Crippen LogP contribution in [-0.4, -0.2) is 23.4 Å². The number of carbonyl (C=O) groups excluding carboxylic acids is 1. The van der Waals surface area contributed by atoms with Crippen molar-refractivity contribution in [3.05, 3.63) is 0 Å². The summed E-state index contributed by atoms with van der Waals surface area (Å²) in [4.78, 5) is 13.4. The highest BCUT2D eigenvalue weighted by Gasteiger charge is 2.36. The molecule has 2 nitrogen and oxygen atoms in total. The van der Waals surface area contributed by atoms with Gasteiger partial charge >= 0.3 is 0 Å². The summed E-state index contributed by atoms with van der Waals surface area (Å²) in [6.45, 7) is 3.29. The molecular weight excluding hydrogens is 138 g/mol. The van der Waals surface area contributed by atoms with Gasteiger partial charge in [-0.25, -0.2) is 0 Å². The summed E-state index contributed by atoms with van der Waals surface area (Å²) in [6, 6.07) is 0.594. The molecule has 0 bridgehead atoms. The van der Waals surface area contributed by atoms with Crippen molar-refractivity contribution in [2.24, 2.45) is 5.92 Å². The van der Waals surface area contributed by atoms with Crippen molar-refractivity contribution in [3.8, 4) is 0 Å². The Morgan fingerprint density at radius 2 is 2.27 bits per heavy atom. The maximum atomic E-state index is 11.3. The standard InChI is InChI=1S/C9H15NO/c1-7-5-6-10-8(7)3-2-4-9(10)11/h7-8H,2-6H2,1H3. The van der Waals surface area contributed by atoms with Gasteiger partial charge in [0.15, 0.2) is 0 Å². The largest absolute Gasteiger partial charge is 0.339 e. The summed E-state index contributed by atoms with van der Waals surface area (Å²) in [6.07, 6.45) is 4.37. The van der Waals surface area contributed by atoms with Crippen molar-refractivity contribution in [3.63, 3.8) is 0 Å². The van der Waals surface area contributed by atoms with Crippen LogP contribution in [0.1, 0.15) is 32.6 Å². The molecule has 62 valence electrons. The van der Waals surface area contributed by atoms with Crippen molar-refractivity contribution in [2.75, 3.05) is 6.54 Å². The lowest BCUT2D eigenvalue weighted by Crippen LogP contribution is -2.40. The first-order valence-corrected chi connectivity index (χ1v) is 4.58. The van der Waals surface area contributed by atoms with Gasteiger partial charge in [-0.15, -0.1) is 0 Å². The summed E-state index contributed by atoms with van der Waals surface area (Å²) in [7, 11) is 0. The van der Waals surface area contributed by atoms with Crippen LogP contribution in [-0.2, 0) is 4.79 Å². The van der Waals surface area contributed by atoms with Crippen LogP contribution in [0.4, 0.5) is 0 Å². The molecule has 2 heterocycles. The SMILES string of the molecule is CC1CCN2C(=O)CCCC12. The van der Waals surface area contributed by atoms with E-state index in [4.69, 9.17) is 0 Å². The Labute approximate surface area is 67.6 Å². The number of carbonyl (C=O) groups is 1. The van der Waals surface area contributed by atoms with E-state index in [9.17, 15) is 4.79 Å². The van der Waals surface area contributed by atoms with Crippen LogP contribution in [0.5, 0.6) is 0 Å². The third kappa shape index (κ3) is 1.05. The predicted molar refractivity (Wildman–Crippen MR) is 43.1 cm³/mol. The molecule has 2 atom stereocenters. The molecule has 2 rings (SSSR count). The highest BCUT2D eigenvalue weighted by Crippen LogP contribution is 2.31. The summed E-state index contributed by atoms with van der Waals surface area (Å²) in [5, 5.41) is 0. The van der Waals surface area contributed by atoms with Gasteiger partial charge in [0.05, 0.1) is 0 Å². The smallest absolute Gasteiger partial charge is 0.222 e. The number of nitrogens with zero attached hydrogens (tertiary/aromatic N) is 1. The van der Waals surface area contributed by atoms with Crippen LogP contribution in [0.15, 0.2) is 0 Å². The van der Waals surface area contributed by atoms with Crippen LogP contribution in [0, 0.1) is 5.92 Å². The van der Waals surface area contributed by atoms with Gasteiger partial charge in [-0.3, -0.25) is 4.79 Å². The van der Waals surface area contributed by atoms with Gasteiger partial charge in [-0.1, -0.05) is 6.92 Å². The molecule has 0 radical (unpaired) electrons. The average Bonchev–Trinajstić information content (AvgIpc) is 2.35. The highest BCUT2D eigenvalue weighted by molar-refractivity contribution is 5.77. The van der Waals surface area contributed by atoms with E-state index in [0.29, 0.717) is 11.9 Å². The van der Waals surface area contributed by atoms with Crippen LogP contribution in [0.25, 0.3) is 0 Å². The van der Waals surface area contributed by atoms with Crippen LogP contribution in [0.3, 0.4) is 0 Å². The summed E-state index contributed by atoms with van der Waals surface area (Å²) in [5.74, 6) is 1.14. The third-order valence-electron chi connectivity index (χ3n) is 3.09. The topological polar surface area (TPSA) is 20.3 Å². The monoisotopic (exact) mass is 153 g/mol. The Kier molecular flexibility index (Phi) is 1.63. The molecule has 2 heteroatoms. The van der Waals surface area contributed by atoms with E-state index in [1.165, 1.54) is 12.8 Å². The summed E-state index contributed by atoms with van der Waals surface area (Å²) < 4.78 is 0. The van der Waals surface area contributed by atoms with E-state index in [-0.39, 0.29) is 0 Å². The van der Waals surface area contributed by atoms with E-state index < -0.39 is 0 Å². The molecule has 0 aromatic heterocycles. The van der Waals surface area contributed by atoms with Crippen molar-refractivity contribution in [1.29, 1.82) is 0 Å². The Bertz CT molecular complexity index is 178. The van der Waals surface area contributed by atoms with E-state index in [2.05, 4.69) is 11.8 Å². The molecule has 2 aliphatic heterocycles. The zero-order chi connectivity index (χ0) is 7.84. The fraction of sp³-hybridized carbons (Fsp3) is 0.889. The quantitative estimate of drug-likeness (QED) is 0.515. The van der Waals surface area contributed by atoms with Gasteiger partial charge < -0.3 is 4.90 Å². The van der Waals surface area contributed by atoms with Gasteiger partial charge in [0.2, 0.25) is 5.91 Å². The Hall–Kier alpha value is -0.530. The van der Waals surface area contributed by atoms with Crippen LogP contribution < -0.4 is 0 Å². The first-order valence-electron chi connectivity index (χ1n) is 4.58. The number of hydrogen-bond acceptors (Lipinski definition) is 1. The number of rotatable bonds is 0. The van der Waals surface area contributed by atoms with E-state index in [1.807, 2.05) is 0 Å². The van der Waals surface area contributed by atoms with Gasteiger partial charge in [0.1, 0.15) is 0 Å². The third-order valence-corrected chi connectivity index (χ3v) is 3.09. The van der Waals surface area contributed by atoms with Gasteiger partial charge in [0, 0.05) is 19.0 Å². The number of piperidine rings is 1. The number of hydrogen-bond donors (Lipinski definition) is 0. The minimum absolute atomic E-state index is 0.394. The van der Waals surface area contributed by atoms with E-state index >= 15 is 0 Å². The van der Waals surface area contributed by atoms with Gasteiger partial charge in [-0.05, 0) is 25.2 Å². The lowest BCUT2D eigenvalue weighted by Gasteiger charge is -2.31. The molecule has 2 saturated heterocycles. The average molecular weight is 153 g/mol. The molecule has 0 spiro atoms. The molecule has 0 aromatic rings. The molecule has 0 aromatic carbocycles. The second-order valence-electron chi connectivity index (χ2n) is 3.81. The van der Waals surface area contributed by atoms with Gasteiger partial charge in [0.25, 0.3) is 0 Å². The molecule has 2 fully saturated rings. The lowest BCUT2D eigenvalue weighted by molar-refractivity contribution is -0.134. The first-order chi connectivity index (χ1) is 5.29. The first kappa shape index (κ1) is 7.14. The zero-order valence-electron chi connectivity index (χ0n) is 7.05. The normalized spacial score (nSPS) is 37.5. The summed E-state index contributed by atoms with van der Waals surface area (Å²) >= 11 is 0.